The molecule has 1 aromatic rings. The maximum Gasteiger partial charge on any atom is 0.308 e. The van der Waals surface area contributed by atoms with Crippen molar-refractivity contribution in [3.8, 4) is 0 Å². The van der Waals surface area contributed by atoms with Crippen molar-refractivity contribution in [3.05, 3.63) is 35.9 Å². The topological polar surface area (TPSA) is 49.3 Å². The van der Waals surface area contributed by atoms with Crippen molar-refractivity contribution in [1.29, 1.82) is 0 Å². The highest BCUT2D eigenvalue weighted by molar-refractivity contribution is 5.71. The Bertz CT molecular complexity index is 337. The normalized spacial score (nSPS) is 26.1. The van der Waals surface area contributed by atoms with Crippen LogP contribution in [-0.4, -0.2) is 17.6 Å². The van der Waals surface area contributed by atoms with Crippen molar-refractivity contribution < 1.29 is 9.90 Å². The summed E-state index contributed by atoms with van der Waals surface area (Å²) in [6, 6.07) is 9.78. The number of piperidine rings is 1. The van der Waals surface area contributed by atoms with Gasteiger partial charge in [-0.25, -0.2) is 0 Å². The Hall–Kier alpha value is -1.35. The van der Waals surface area contributed by atoms with E-state index in [1.807, 2.05) is 30.3 Å². The summed E-state index contributed by atoms with van der Waals surface area (Å²) in [6.45, 7) is 0.906. The van der Waals surface area contributed by atoms with Crippen LogP contribution in [0.15, 0.2) is 30.3 Å². The zero-order valence-corrected chi connectivity index (χ0v) is 8.52. The smallest absolute Gasteiger partial charge is 0.308 e. The van der Waals surface area contributed by atoms with Crippen LogP contribution in [-0.2, 0) is 4.79 Å². The molecule has 80 valence electrons. The van der Waals surface area contributed by atoms with Gasteiger partial charge in [0.1, 0.15) is 0 Å². The molecule has 2 N–H and O–H groups in total. The first-order valence-electron chi connectivity index (χ1n) is 5.30. The zero-order chi connectivity index (χ0) is 10.7. The molecule has 1 heterocycles. The molecule has 1 saturated heterocycles. The van der Waals surface area contributed by atoms with E-state index in [4.69, 9.17) is 5.11 Å². The molecule has 0 saturated carbocycles. The molecule has 2 rings (SSSR count). The molecule has 3 nitrogen and oxygen atoms in total. The minimum absolute atomic E-state index is 0.0301. The Morgan fingerprint density at radius 1 is 1.33 bits per heavy atom. The number of nitrogens with one attached hydrogen (secondary N) is 1. The third-order valence-corrected chi connectivity index (χ3v) is 2.93. The van der Waals surface area contributed by atoms with Gasteiger partial charge >= 0.3 is 5.97 Å². The third-order valence-electron chi connectivity index (χ3n) is 2.93. The molecular weight excluding hydrogens is 190 g/mol. The van der Waals surface area contributed by atoms with Gasteiger partial charge in [0.2, 0.25) is 0 Å². The lowest BCUT2D eigenvalue weighted by Gasteiger charge is -2.30. The van der Waals surface area contributed by atoms with E-state index >= 15 is 0 Å². The fourth-order valence-corrected chi connectivity index (χ4v) is 2.17. The van der Waals surface area contributed by atoms with Crippen molar-refractivity contribution in [1.82, 2.24) is 5.32 Å². The first-order chi connectivity index (χ1) is 7.29. The molecule has 1 aromatic carbocycles. The number of carbonyl (C=O) groups is 1. The van der Waals surface area contributed by atoms with Crippen LogP contribution >= 0.6 is 0 Å². The monoisotopic (exact) mass is 205 g/mol. The summed E-state index contributed by atoms with van der Waals surface area (Å²) in [4.78, 5) is 11.1. The second kappa shape index (κ2) is 4.45. The molecule has 0 aliphatic carbocycles. The van der Waals surface area contributed by atoms with Crippen LogP contribution in [0.25, 0.3) is 0 Å². The van der Waals surface area contributed by atoms with E-state index in [9.17, 15) is 4.79 Å². The number of carboxylic acid groups (broad SMARTS) is 1. The Morgan fingerprint density at radius 2 is 2.07 bits per heavy atom. The summed E-state index contributed by atoms with van der Waals surface area (Å²) in [6.07, 6.45) is 1.71. The Kier molecular flexibility index (Phi) is 3.02. The summed E-state index contributed by atoms with van der Waals surface area (Å²) in [5, 5.41) is 12.4. The number of benzene rings is 1. The van der Waals surface area contributed by atoms with Gasteiger partial charge in [-0.05, 0) is 24.9 Å². The first-order valence-corrected chi connectivity index (χ1v) is 5.30. The fraction of sp³-hybridized carbons (Fsp3) is 0.417. The summed E-state index contributed by atoms with van der Waals surface area (Å²) in [7, 11) is 0. The molecular formula is C12H15NO2. The first kappa shape index (κ1) is 10.2. The average Bonchev–Trinajstić information content (AvgIpc) is 2.30. The lowest BCUT2D eigenvalue weighted by Crippen LogP contribution is -2.38. The second-order valence-corrected chi connectivity index (χ2v) is 3.93. The number of hydrogen-bond acceptors (Lipinski definition) is 2. The van der Waals surface area contributed by atoms with Gasteiger partial charge in [-0.3, -0.25) is 4.79 Å². The third kappa shape index (κ3) is 2.18. The second-order valence-electron chi connectivity index (χ2n) is 3.93. The van der Waals surface area contributed by atoms with Crippen LogP contribution in [0.5, 0.6) is 0 Å². The van der Waals surface area contributed by atoms with Crippen LogP contribution < -0.4 is 5.32 Å². The van der Waals surface area contributed by atoms with Gasteiger partial charge in [0, 0.05) is 6.04 Å². The van der Waals surface area contributed by atoms with Crippen LogP contribution in [0.1, 0.15) is 24.4 Å². The van der Waals surface area contributed by atoms with Gasteiger partial charge in [-0.1, -0.05) is 30.3 Å². The maximum atomic E-state index is 11.1. The predicted molar refractivity (Wildman–Crippen MR) is 57.5 cm³/mol. The number of rotatable bonds is 2. The van der Waals surface area contributed by atoms with Crippen LogP contribution in [0.3, 0.4) is 0 Å². The molecule has 15 heavy (non-hydrogen) atoms. The quantitative estimate of drug-likeness (QED) is 0.774. The van der Waals surface area contributed by atoms with E-state index < -0.39 is 5.97 Å². The summed E-state index contributed by atoms with van der Waals surface area (Å²) in [5.74, 6) is -0.989. The summed E-state index contributed by atoms with van der Waals surface area (Å²) < 4.78 is 0. The molecule has 0 bridgehead atoms. The van der Waals surface area contributed by atoms with Crippen molar-refractivity contribution in [2.45, 2.75) is 18.9 Å². The van der Waals surface area contributed by atoms with Gasteiger partial charge in [-0.15, -0.1) is 0 Å². The van der Waals surface area contributed by atoms with Crippen molar-refractivity contribution in [2.24, 2.45) is 5.92 Å². The largest absolute Gasteiger partial charge is 0.481 e. The fourth-order valence-electron chi connectivity index (χ4n) is 2.17. The molecule has 1 aliphatic rings. The molecule has 0 unspecified atom stereocenters. The van der Waals surface area contributed by atoms with Gasteiger partial charge in [0.15, 0.2) is 0 Å². The molecule has 3 heteroatoms. The maximum absolute atomic E-state index is 11.1. The van der Waals surface area contributed by atoms with Gasteiger partial charge in [0.25, 0.3) is 0 Å². The number of aliphatic carboxylic acids is 1. The molecule has 0 spiro atoms. The standard InChI is InChI=1S/C12H15NO2/c14-12(15)10-7-4-8-13-11(10)9-5-2-1-3-6-9/h1-3,5-6,10-11,13H,4,7-8H2,(H,14,15)/t10-,11+/m1/s1. The molecule has 0 amide bonds. The van der Waals surface area contributed by atoms with E-state index in [1.54, 1.807) is 0 Å². The van der Waals surface area contributed by atoms with Gasteiger partial charge in [0.05, 0.1) is 5.92 Å². The molecule has 0 radical (unpaired) electrons. The molecule has 1 fully saturated rings. The van der Waals surface area contributed by atoms with E-state index in [2.05, 4.69) is 5.32 Å². The van der Waals surface area contributed by atoms with Gasteiger partial charge in [-0.2, -0.15) is 0 Å². The van der Waals surface area contributed by atoms with Crippen LogP contribution in [0.4, 0.5) is 0 Å². The van der Waals surface area contributed by atoms with E-state index in [0.717, 1.165) is 24.9 Å². The van der Waals surface area contributed by atoms with Crippen molar-refractivity contribution in [3.63, 3.8) is 0 Å². The van der Waals surface area contributed by atoms with Crippen molar-refractivity contribution in [2.75, 3.05) is 6.54 Å². The summed E-state index contributed by atoms with van der Waals surface area (Å²) >= 11 is 0. The highest BCUT2D eigenvalue weighted by atomic mass is 16.4. The van der Waals surface area contributed by atoms with Crippen LogP contribution in [0, 0.1) is 5.92 Å². The SMILES string of the molecule is O=C(O)[C@@H]1CCCN[C@H]1c1ccccc1. The average molecular weight is 205 g/mol. The Balaban J connectivity index is 2.22. The highest BCUT2D eigenvalue weighted by Crippen LogP contribution is 2.29. The zero-order valence-electron chi connectivity index (χ0n) is 8.52. The summed E-state index contributed by atoms with van der Waals surface area (Å²) in [5.41, 5.74) is 1.07. The van der Waals surface area contributed by atoms with Gasteiger partial charge < -0.3 is 10.4 Å². The minimum Gasteiger partial charge on any atom is -0.481 e. The number of hydrogen-bond donors (Lipinski definition) is 2. The van der Waals surface area contributed by atoms with E-state index in [0.29, 0.717) is 0 Å². The van der Waals surface area contributed by atoms with E-state index in [1.165, 1.54) is 0 Å². The van der Waals surface area contributed by atoms with E-state index in [-0.39, 0.29) is 12.0 Å². The molecule has 0 aromatic heterocycles. The Morgan fingerprint density at radius 3 is 2.73 bits per heavy atom. The lowest BCUT2D eigenvalue weighted by atomic mass is 9.86. The minimum atomic E-state index is -0.698. The molecule has 2 atom stereocenters. The molecule has 1 aliphatic heterocycles. The van der Waals surface area contributed by atoms with Crippen molar-refractivity contribution >= 4 is 5.97 Å². The lowest BCUT2D eigenvalue weighted by molar-refractivity contribution is -0.143. The predicted octanol–water partition coefficient (Wildman–Crippen LogP) is 1.81. The van der Waals surface area contributed by atoms with Crippen LogP contribution in [0.2, 0.25) is 0 Å². The highest BCUT2D eigenvalue weighted by Gasteiger charge is 2.31. The number of carboxylic acids is 1. The Labute approximate surface area is 89.1 Å².